The Morgan fingerprint density at radius 3 is 1.06 bits per heavy atom. The monoisotopic (exact) mass is 655 g/mol. The predicted molar refractivity (Wildman–Crippen MR) is 184 cm³/mol. The predicted octanol–water partition coefficient (Wildman–Crippen LogP) is 11.3. The molecule has 0 aliphatic carbocycles. The molecule has 0 amide bonds. The van der Waals surface area contributed by atoms with Gasteiger partial charge in [0.2, 0.25) is 5.82 Å². The first-order valence-electron chi connectivity index (χ1n) is 15.6. The Morgan fingerprint density at radius 2 is 0.755 bits per heavy atom. The number of hydrogen-bond acceptors (Lipinski definition) is 1. The van der Waals surface area contributed by atoms with Crippen LogP contribution in [0.2, 0.25) is 0 Å². The van der Waals surface area contributed by atoms with Gasteiger partial charge in [-0.25, -0.2) is 22.0 Å². The van der Waals surface area contributed by atoms with Crippen LogP contribution >= 0.6 is 0 Å². The molecular weight excluding hydrogens is 629 g/mol. The van der Waals surface area contributed by atoms with Crippen molar-refractivity contribution in [2.45, 2.75) is 27.7 Å². The van der Waals surface area contributed by atoms with Crippen LogP contribution in [0.25, 0.3) is 66.1 Å². The minimum atomic E-state index is -2.24. The number of nitriles is 1. The van der Waals surface area contributed by atoms with Crippen molar-refractivity contribution in [3.8, 4) is 28.6 Å². The molecular formula is C41H26F5N3. The summed E-state index contributed by atoms with van der Waals surface area (Å²) in [6, 6.07) is 28.6. The maximum Gasteiger partial charge on any atom is 0.200 e. The SMILES string of the molecule is Cc1ccc2c3ccc(C)cc3n(-c3cc(-c4c(F)c(F)c(F)c(F)c4F)cc(-n4c5cc(C)ccc5c5ccc(C)cc54)c3C#N)c2c1. The van der Waals surface area contributed by atoms with E-state index in [0.29, 0.717) is 22.1 Å². The molecule has 3 nitrogen and oxygen atoms in total. The smallest absolute Gasteiger partial charge is 0.200 e. The third-order valence-electron chi connectivity index (χ3n) is 9.35. The van der Waals surface area contributed by atoms with Gasteiger partial charge >= 0.3 is 0 Å². The van der Waals surface area contributed by atoms with E-state index in [0.717, 1.165) is 43.8 Å². The van der Waals surface area contributed by atoms with E-state index >= 15 is 8.78 Å². The number of aromatic nitrogens is 2. The standard InChI is InChI=1S/C41H26F5N3/c1-20-5-9-25-26-10-6-21(2)14-31(26)48(30(25)13-20)34-17-24(36-37(42)39(44)41(46)40(45)38(36)43)18-35(29(34)19-47)49-32-15-22(3)7-11-27(32)28-12-8-23(4)16-33(28)49/h5-18H,1-4H3. The summed E-state index contributed by atoms with van der Waals surface area (Å²) in [6.45, 7) is 7.71. The lowest BCUT2D eigenvalue weighted by atomic mass is 9.98. The highest BCUT2D eigenvalue weighted by atomic mass is 19.2. The molecule has 0 N–H and O–H groups in total. The van der Waals surface area contributed by atoms with Crippen molar-refractivity contribution in [3.63, 3.8) is 0 Å². The number of halogens is 5. The first-order chi connectivity index (χ1) is 23.5. The number of fused-ring (bicyclic) bond motifs is 6. The molecule has 8 rings (SSSR count). The molecule has 8 aromatic rings. The van der Waals surface area contributed by atoms with Crippen molar-refractivity contribution in [2.75, 3.05) is 0 Å². The van der Waals surface area contributed by atoms with Crippen molar-refractivity contribution < 1.29 is 22.0 Å². The lowest BCUT2D eigenvalue weighted by molar-refractivity contribution is 0.381. The van der Waals surface area contributed by atoms with Crippen molar-refractivity contribution >= 4 is 43.6 Å². The Morgan fingerprint density at radius 1 is 0.449 bits per heavy atom. The summed E-state index contributed by atoms with van der Waals surface area (Å²) >= 11 is 0. The Bertz CT molecular complexity index is 2490. The van der Waals surface area contributed by atoms with Gasteiger partial charge in [0.15, 0.2) is 23.3 Å². The molecule has 0 saturated heterocycles. The topological polar surface area (TPSA) is 33.6 Å². The molecule has 0 aliphatic rings. The van der Waals surface area contributed by atoms with E-state index in [-0.39, 0.29) is 22.5 Å². The molecule has 2 aromatic heterocycles. The van der Waals surface area contributed by atoms with Gasteiger partial charge in [-0.15, -0.1) is 0 Å². The van der Waals surface area contributed by atoms with Gasteiger partial charge in [-0.2, -0.15) is 5.26 Å². The molecule has 0 aliphatic heterocycles. The Labute approximate surface area is 277 Å². The van der Waals surface area contributed by atoms with E-state index in [1.807, 2.05) is 110 Å². The Hall–Kier alpha value is -5.94. The number of hydrogen-bond donors (Lipinski definition) is 0. The second-order valence-electron chi connectivity index (χ2n) is 12.7. The van der Waals surface area contributed by atoms with Gasteiger partial charge in [-0.1, -0.05) is 48.5 Å². The van der Waals surface area contributed by atoms with Crippen molar-refractivity contribution in [1.82, 2.24) is 9.13 Å². The van der Waals surface area contributed by atoms with Crippen LogP contribution in [-0.2, 0) is 0 Å². The van der Waals surface area contributed by atoms with Crippen molar-refractivity contribution in [3.05, 3.63) is 142 Å². The summed E-state index contributed by atoms with van der Waals surface area (Å²) in [7, 11) is 0. The van der Waals surface area contributed by atoms with Crippen molar-refractivity contribution in [2.24, 2.45) is 0 Å². The molecule has 240 valence electrons. The lowest BCUT2D eigenvalue weighted by Crippen LogP contribution is -2.08. The highest BCUT2D eigenvalue weighted by molar-refractivity contribution is 6.11. The van der Waals surface area contributed by atoms with Crippen LogP contribution in [0.4, 0.5) is 22.0 Å². The zero-order valence-electron chi connectivity index (χ0n) is 26.8. The fourth-order valence-electron chi connectivity index (χ4n) is 7.08. The molecule has 0 spiro atoms. The van der Waals surface area contributed by atoms with Crippen LogP contribution in [0.1, 0.15) is 27.8 Å². The van der Waals surface area contributed by atoms with Crippen molar-refractivity contribution in [1.29, 1.82) is 5.26 Å². The van der Waals surface area contributed by atoms with Gasteiger partial charge in [0, 0.05) is 21.5 Å². The molecule has 0 radical (unpaired) electrons. The quantitative estimate of drug-likeness (QED) is 0.106. The van der Waals surface area contributed by atoms with E-state index in [1.165, 1.54) is 12.1 Å². The van der Waals surface area contributed by atoms with E-state index < -0.39 is 34.6 Å². The molecule has 2 heterocycles. The maximum absolute atomic E-state index is 15.6. The van der Waals surface area contributed by atoms with E-state index in [2.05, 4.69) is 6.07 Å². The normalized spacial score (nSPS) is 11.8. The van der Waals surface area contributed by atoms with E-state index in [4.69, 9.17) is 0 Å². The lowest BCUT2D eigenvalue weighted by Gasteiger charge is -2.19. The van der Waals surface area contributed by atoms with Gasteiger partial charge in [-0.3, -0.25) is 0 Å². The van der Waals surface area contributed by atoms with Crippen LogP contribution in [0, 0.1) is 68.1 Å². The molecule has 0 saturated carbocycles. The maximum atomic E-state index is 15.6. The van der Waals surface area contributed by atoms with Gasteiger partial charge in [0.25, 0.3) is 0 Å². The largest absolute Gasteiger partial charge is 0.308 e. The number of rotatable bonds is 3. The average Bonchev–Trinajstić information content (AvgIpc) is 3.56. The summed E-state index contributed by atoms with van der Waals surface area (Å²) in [5.41, 5.74) is 5.82. The number of benzene rings is 6. The molecule has 0 atom stereocenters. The van der Waals surface area contributed by atoms with Gasteiger partial charge in [-0.05, 0) is 91.9 Å². The minimum absolute atomic E-state index is 0.149. The fraction of sp³-hybridized carbons (Fsp3) is 0.0976. The summed E-state index contributed by atoms with van der Waals surface area (Å²) in [4.78, 5) is 0. The van der Waals surface area contributed by atoms with Gasteiger partial charge in [0.05, 0.1) is 39.0 Å². The highest BCUT2D eigenvalue weighted by Crippen LogP contribution is 2.42. The first kappa shape index (κ1) is 30.4. The summed E-state index contributed by atoms with van der Waals surface area (Å²) in [6.07, 6.45) is 0. The third kappa shape index (κ3) is 4.39. The second-order valence-corrected chi connectivity index (χ2v) is 12.7. The van der Waals surface area contributed by atoms with Crippen LogP contribution in [0.15, 0.2) is 84.9 Å². The van der Waals surface area contributed by atoms with Crippen LogP contribution in [0.5, 0.6) is 0 Å². The molecule has 8 heteroatoms. The average molecular weight is 656 g/mol. The Balaban J connectivity index is 1.63. The Kier molecular flexibility index (Phi) is 6.69. The number of nitrogens with zero attached hydrogens (tertiary/aromatic N) is 3. The highest BCUT2D eigenvalue weighted by Gasteiger charge is 2.29. The summed E-state index contributed by atoms with van der Waals surface area (Å²) < 4.78 is 78.8. The molecule has 0 unspecified atom stereocenters. The molecule has 0 fully saturated rings. The third-order valence-corrected chi connectivity index (χ3v) is 9.35. The van der Waals surface area contributed by atoms with Gasteiger partial charge in [0.1, 0.15) is 11.6 Å². The van der Waals surface area contributed by atoms with Crippen LogP contribution in [0.3, 0.4) is 0 Å². The van der Waals surface area contributed by atoms with E-state index in [9.17, 15) is 18.4 Å². The van der Waals surface area contributed by atoms with Crippen LogP contribution < -0.4 is 0 Å². The minimum Gasteiger partial charge on any atom is -0.308 e. The van der Waals surface area contributed by atoms with Crippen LogP contribution in [-0.4, -0.2) is 9.13 Å². The fourth-order valence-corrected chi connectivity index (χ4v) is 7.08. The first-order valence-corrected chi connectivity index (χ1v) is 15.6. The molecule has 49 heavy (non-hydrogen) atoms. The zero-order chi connectivity index (χ0) is 34.5. The zero-order valence-corrected chi connectivity index (χ0v) is 26.8. The molecule has 6 aromatic carbocycles. The van der Waals surface area contributed by atoms with E-state index in [1.54, 1.807) is 0 Å². The second kappa shape index (κ2) is 10.8. The number of aryl methyl sites for hydroxylation is 4. The summed E-state index contributed by atoms with van der Waals surface area (Å²) in [5, 5.41) is 14.5. The molecule has 0 bridgehead atoms. The summed E-state index contributed by atoms with van der Waals surface area (Å²) in [5.74, 6) is -10.3. The van der Waals surface area contributed by atoms with Gasteiger partial charge < -0.3 is 9.13 Å².